The van der Waals surface area contributed by atoms with E-state index in [1.807, 2.05) is 11.4 Å². The van der Waals surface area contributed by atoms with Crippen LogP contribution in [0.2, 0.25) is 0 Å². The Morgan fingerprint density at radius 1 is 1.38 bits per heavy atom. The van der Waals surface area contributed by atoms with Crippen molar-refractivity contribution in [1.29, 1.82) is 0 Å². The second-order valence-corrected chi connectivity index (χ2v) is 9.54. The summed E-state index contributed by atoms with van der Waals surface area (Å²) in [5.74, 6) is -0.225. The SMILES string of the molecule is CC(=O)NC[C@H]1C(=O)N2C[C@@H](NS(C)(=O)=O)C[C@H]2CN1Cc1ccsc1. The average Bonchev–Trinajstić information content (AvgIpc) is 3.14. The Kier molecular flexibility index (Phi) is 5.66. The molecule has 1 aromatic heterocycles. The molecule has 0 spiro atoms. The van der Waals surface area contributed by atoms with Gasteiger partial charge in [0.05, 0.1) is 6.26 Å². The van der Waals surface area contributed by atoms with Gasteiger partial charge in [-0.25, -0.2) is 13.1 Å². The molecule has 0 bridgehead atoms. The molecule has 3 atom stereocenters. The Morgan fingerprint density at radius 2 is 2.15 bits per heavy atom. The third kappa shape index (κ3) is 4.61. The number of hydrogen-bond donors (Lipinski definition) is 2. The van der Waals surface area contributed by atoms with Crippen LogP contribution in [-0.2, 0) is 26.2 Å². The number of fused-ring (bicyclic) bond motifs is 1. The lowest BCUT2D eigenvalue weighted by Gasteiger charge is -2.42. The number of hydrogen-bond acceptors (Lipinski definition) is 6. The molecule has 144 valence electrons. The van der Waals surface area contributed by atoms with Gasteiger partial charge in [0, 0.05) is 45.2 Å². The van der Waals surface area contributed by atoms with Crippen molar-refractivity contribution >= 4 is 33.2 Å². The molecule has 0 radical (unpaired) electrons. The van der Waals surface area contributed by atoms with Crippen LogP contribution in [-0.4, -0.2) is 74.0 Å². The van der Waals surface area contributed by atoms with Crippen LogP contribution in [0.4, 0.5) is 0 Å². The predicted octanol–water partition coefficient (Wildman–Crippen LogP) is -0.413. The molecule has 2 saturated heterocycles. The first kappa shape index (κ1) is 19.3. The minimum absolute atomic E-state index is 0.0195. The average molecular weight is 401 g/mol. The zero-order valence-corrected chi connectivity index (χ0v) is 16.5. The van der Waals surface area contributed by atoms with E-state index in [4.69, 9.17) is 0 Å². The number of thiophene rings is 1. The highest BCUT2D eigenvalue weighted by molar-refractivity contribution is 7.88. The summed E-state index contributed by atoms with van der Waals surface area (Å²) in [5.41, 5.74) is 1.13. The van der Waals surface area contributed by atoms with Gasteiger partial charge in [0.25, 0.3) is 0 Å². The zero-order valence-electron chi connectivity index (χ0n) is 14.8. The standard InChI is InChI=1S/C16H24N4O4S2/c1-11(21)17-6-15-16(22)20-8-13(18-26(2,23)24)5-14(20)9-19(15)7-12-3-4-25-10-12/h3-4,10,13-15,18H,5-9H2,1-2H3,(H,17,21)/t13-,14-,15-/m0/s1. The molecule has 2 amide bonds. The largest absolute Gasteiger partial charge is 0.354 e. The van der Waals surface area contributed by atoms with Gasteiger partial charge in [-0.3, -0.25) is 14.5 Å². The van der Waals surface area contributed by atoms with Gasteiger partial charge in [-0.1, -0.05) is 0 Å². The number of carbonyl (C=O) groups is 2. The molecular formula is C16H24N4O4S2. The van der Waals surface area contributed by atoms with Crippen molar-refractivity contribution in [3.05, 3.63) is 22.4 Å². The van der Waals surface area contributed by atoms with Gasteiger partial charge in [0.1, 0.15) is 6.04 Å². The minimum atomic E-state index is -3.31. The molecule has 0 aliphatic carbocycles. The third-order valence-electron chi connectivity index (χ3n) is 4.76. The third-order valence-corrected chi connectivity index (χ3v) is 6.25. The maximum Gasteiger partial charge on any atom is 0.242 e. The number of nitrogens with zero attached hydrogens (tertiary/aromatic N) is 2. The van der Waals surface area contributed by atoms with Gasteiger partial charge < -0.3 is 10.2 Å². The number of nitrogens with one attached hydrogen (secondary N) is 2. The van der Waals surface area contributed by atoms with Crippen LogP contribution in [0.5, 0.6) is 0 Å². The molecule has 0 unspecified atom stereocenters. The normalized spacial score (nSPS) is 26.8. The van der Waals surface area contributed by atoms with E-state index in [-0.39, 0.29) is 30.4 Å². The Balaban J connectivity index is 1.76. The highest BCUT2D eigenvalue weighted by Gasteiger charge is 2.45. The van der Waals surface area contributed by atoms with Crippen molar-refractivity contribution < 1.29 is 18.0 Å². The molecule has 2 aliphatic heterocycles. The fraction of sp³-hybridized carbons (Fsp3) is 0.625. The second-order valence-electron chi connectivity index (χ2n) is 6.98. The molecule has 2 fully saturated rings. The maximum atomic E-state index is 13.0. The summed E-state index contributed by atoms with van der Waals surface area (Å²) >= 11 is 1.61. The summed E-state index contributed by atoms with van der Waals surface area (Å²) in [6.07, 6.45) is 1.74. The van der Waals surface area contributed by atoms with Crippen LogP contribution in [0.25, 0.3) is 0 Å². The lowest BCUT2D eigenvalue weighted by Crippen LogP contribution is -2.62. The van der Waals surface area contributed by atoms with Crippen LogP contribution >= 0.6 is 11.3 Å². The van der Waals surface area contributed by atoms with Crippen LogP contribution in [0.1, 0.15) is 18.9 Å². The quantitative estimate of drug-likeness (QED) is 0.676. The molecule has 8 nitrogen and oxygen atoms in total. The Bertz CT molecular complexity index is 765. The van der Waals surface area contributed by atoms with Crippen molar-refractivity contribution in [2.75, 3.05) is 25.9 Å². The first-order valence-electron chi connectivity index (χ1n) is 8.50. The van der Waals surface area contributed by atoms with Crippen molar-refractivity contribution in [2.24, 2.45) is 0 Å². The van der Waals surface area contributed by atoms with E-state index in [1.54, 1.807) is 16.2 Å². The number of amides is 2. The lowest BCUT2D eigenvalue weighted by atomic mass is 10.0. The van der Waals surface area contributed by atoms with Crippen molar-refractivity contribution in [3.63, 3.8) is 0 Å². The first-order valence-corrected chi connectivity index (χ1v) is 11.3. The van der Waals surface area contributed by atoms with Crippen LogP contribution in [0, 0.1) is 0 Å². The van der Waals surface area contributed by atoms with E-state index in [0.717, 1.165) is 11.8 Å². The topological polar surface area (TPSA) is 98.8 Å². The molecule has 0 saturated carbocycles. The first-order chi connectivity index (χ1) is 12.2. The summed E-state index contributed by atoms with van der Waals surface area (Å²) in [6.45, 7) is 3.36. The maximum absolute atomic E-state index is 13.0. The molecular weight excluding hydrogens is 376 g/mol. The molecule has 3 rings (SSSR count). The summed E-state index contributed by atoms with van der Waals surface area (Å²) in [7, 11) is -3.31. The Hall–Kier alpha value is -1.49. The predicted molar refractivity (Wildman–Crippen MR) is 99.1 cm³/mol. The number of sulfonamides is 1. The van der Waals surface area contributed by atoms with Crippen molar-refractivity contribution in [3.8, 4) is 0 Å². The zero-order chi connectivity index (χ0) is 18.9. The van der Waals surface area contributed by atoms with Crippen molar-refractivity contribution in [1.82, 2.24) is 19.8 Å². The van der Waals surface area contributed by atoms with Gasteiger partial charge in [-0.2, -0.15) is 11.3 Å². The van der Waals surface area contributed by atoms with Crippen LogP contribution in [0.3, 0.4) is 0 Å². The van der Waals surface area contributed by atoms with E-state index >= 15 is 0 Å². The van der Waals surface area contributed by atoms with E-state index in [1.165, 1.54) is 6.92 Å². The Morgan fingerprint density at radius 3 is 2.77 bits per heavy atom. The van der Waals surface area contributed by atoms with Gasteiger partial charge in [-0.15, -0.1) is 0 Å². The molecule has 2 N–H and O–H groups in total. The summed E-state index contributed by atoms with van der Waals surface area (Å²) in [5, 5.41) is 6.80. The van der Waals surface area contributed by atoms with Crippen molar-refractivity contribution in [2.45, 2.75) is 38.0 Å². The molecule has 10 heteroatoms. The fourth-order valence-electron chi connectivity index (χ4n) is 3.74. The summed E-state index contributed by atoms with van der Waals surface area (Å²) in [4.78, 5) is 28.2. The van der Waals surface area contributed by atoms with Gasteiger partial charge >= 0.3 is 0 Å². The summed E-state index contributed by atoms with van der Waals surface area (Å²) in [6, 6.07) is 1.31. The lowest BCUT2D eigenvalue weighted by molar-refractivity contribution is -0.144. The fourth-order valence-corrected chi connectivity index (χ4v) is 5.18. The van der Waals surface area contributed by atoms with Crippen LogP contribution in [0.15, 0.2) is 16.8 Å². The van der Waals surface area contributed by atoms with E-state index in [0.29, 0.717) is 26.1 Å². The minimum Gasteiger partial charge on any atom is -0.354 e. The molecule has 3 heterocycles. The number of rotatable bonds is 6. The van der Waals surface area contributed by atoms with Gasteiger partial charge in [0.2, 0.25) is 21.8 Å². The number of piperazine rings is 1. The molecule has 2 aliphatic rings. The van der Waals surface area contributed by atoms with Gasteiger partial charge in [0.15, 0.2) is 0 Å². The van der Waals surface area contributed by atoms with Gasteiger partial charge in [-0.05, 0) is 28.8 Å². The van der Waals surface area contributed by atoms with E-state index in [9.17, 15) is 18.0 Å². The van der Waals surface area contributed by atoms with Crippen LogP contribution < -0.4 is 10.0 Å². The molecule has 0 aromatic carbocycles. The van der Waals surface area contributed by atoms with E-state index < -0.39 is 16.1 Å². The monoisotopic (exact) mass is 400 g/mol. The smallest absolute Gasteiger partial charge is 0.242 e. The molecule has 1 aromatic rings. The number of carbonyl (C=O) groups excluding carboxylic acids is 2. The second kappa shape index (κ2) is 7.63. The van der Waals surface area contributed by atoms with E-state index in [2.05, 4.69) is 20.3 Å². The summed E-state index contributed by atoms with van der Waals surface area (Å²) < 4.78 is 25.7. The highest BCUT2D eigenvalue weighted by atomic mass is 32.2. The Labute approximate surface area is 157 Å². The highest BCUT2D eigenvalue weighted by Crippen LogP contribution is 2.28. The molecule has 26 heavy (non-hydrogen) atoms.